The van der Waals surface area contributed by atoms with Crippen LogP contribution in [-0.2, 0) is 31.3 Å². The topological polar surface area (TPSA) is 57.4 Å². The third-order valence-corrected chi connectivity index (χ3v) is 8.57. The first-order valence-electron chi connectivity index (χ1n) is 14.7. The van der Waals surface area contributed by atoms with E-state index < -0.39 is 0 Å². The van der Waals surface area contributed by atoms with Crippen LogP contribution in [0.5, 0.6) is 0 Å². The van der Waals surface area contributed by atoms with E-state index in [4.69, 9.17) is 9.97 Å². The van der Waals surface area contributed by atoms with Crippen LogP contribution in [0.15, 0.2) is 72.8 Å². The van der Waals surface area contributed by atoms with Crippen LogP contribution in [0.3, 0.4) is 0 Å². The van der Waals surface area contributed by atoms with Crippen molar-refractivity contribution >= 4 is 34.2 Å². The number of aromatic nitrogens is 4. The average Bonchev–Trinajstić information content (AvgIpc) is 3.72. The van der Waals surface area contributed by atoms with Gasteiger partial charge in [-0.15, -0.1) is 0 Å². The van der Waals surface area contributed by atoms with Gasteiger partial charge in [0.2, 0.25) is 0 Å². The molecule has 2 N–H and O–H groups in total. The first kappa shape index (κ1) is 29.0. The third-order valence-electron chi connectivity index (χ3n) is 8.57. The molecule has 210 valence electrons. The van der Waals surface area contributed by atoms with Gasteiger partial charge in [-0.05, 0) is 98.5 Å². The van der Waals surface area contributed by atoms with Crippen molar-refractivity contribution in [2.45, 2.75) is 53.4 Å². The van der Waals surface area contributed by atoms with Crippen molar-refractivity contribution in [3.05, 3.63) is 118 Å². The molecule has 5 heterocycles. The van der Waals surface area contributed by atoms with Crippen LogP contribution in [0, 0.1) is 27.7 Å². The molecule has 0 aliphatic carbocycles. The fourth-order valence-electron chi connectivity index (χ4n) is 6.59. The summed E-state index contributed by atoms with van der Waals surface area (Å²) in [5.74, 6) is 0. The summed E-state index contributed by atoms with van der Waals surface area (Å²) >= 11 is 0. The average molecular weight is 614 g/mol. The van der Waals surface area contributed by atoms with Crippen LogP contribution in [-0.4, -0.2) is 19.9 Å². The zero-order chi connectivity index (χ0) is 29.2. The Bertz CT molecular complexity index is 2050. The van der Waals surface area contributed by atoms with Crippen LogP contribution < -0.4 is 0 Å². The van der Waals surface area contributed by atoms with E-state index in [1.54, 1.807) is 0 Å². The molecule has 0 radical (unpaired) electrons. The summed E-state index contributed by atoms with van der Waals surface area (Å²) in [6, 6.07) is 26.3. The minimum atomic E-state index is -0.0564. The maximum atomic E-state index is 5.35. The molecule has 8 bridgehead atoms. The van der Waals surface area contributed by atoms with Gasteiger partial charge in [-0.3, -0.25) is 4.98 Å². The van der Waals surface area contributed by atoms with Gasteiger partial charge in [0.1, 0.15) is 0 Å². The number of hydrogen-bond donors (Lipinski definition) is 2. The van der Waals surface area contributed by atoms with Gasteiger partial charge in [0.25, 0.3) is 0 Å². The Morgan fingerprint density at radius 3 is 1.84 bits per heavy atom. The SMILES string of the molecule is Cc1ccc(-c2c3nc(c(-c4c(C)cc(C)cc4C)c4ccc(cc5nc(cc6ccc2[nH]6)C(C)(C)C5)[nH]4)C=C3)cc1.[Zn]. The van der Waals surface area contributed by atoms with E-state index in [9.17, 15) is 0 Å². The van der Waals surface area contributed by atoms with Gasteiger partial charge in [-0.2, -0.15) is 0 Å². The quantitative estimate of drug-likeness (QED) is 0.191. The molecule has 0 fully saturated rings. The number of benzene rings is 2. The molecule has 0 unspecified atom stereocenters. The molecule has 2 aliphatic heterocycles. The predicted octanol–water partition coefficient (Wildman–Crippen LogP) is 9.57. The number of nitrogens with zero attached hydrogens (tertiary/aromatic N) is 2. The van der Waals surface area contributed by atoms with Crippen LogP contribution in [0.1, 0.15) is 58.9 Å². The van der Waals surface area contributed by atoms with Crippen LogP contribution >= 0.6 is 0 Å². The Morgan fingerprint density at radius 1 is 0.605 bits per heavy atom. The maximum Gasteiger partial charge on any atom is 0.0737 e. The second-order valence-corrected chi connectivity index (χ2v) is 12.6. The second kappa shape index (κ2) is 10.9. The van der Waals surface area contributed by atoms with Gasteiger partial charge in [0.15, 0.2) is 0 Å². The number of hydrogen-bond acceptors (Lipinski definition) is 2. The first-order chi connectivity index (χ1) is 20.1. The van der Waals surface area contributed by atoms with Crippen molar-refractivity contribution in [3.63, 3.8) is 0 Å². The second-order valence-electron chi connectivity index (χ2n) is 12.6. The summed E-state index contributed by atoms with van der Waals surface area (Å²) in [4.78, 5) is 17.9. The summed E-state index contributed by atoms with van der Waals surface area (Å²) in [6.07, 6.45) is 5.22. The van der Waals surface area contributed by atoms with Crippen molar-refractivity contribution in [2.75, 3.05) is 0 Å². The Balaban J connectivity index is 0.00000329. The Hall–Kier alpha value is -4.08. The molecule has 4 nitrogen and oxygen atoms in total. The number of rotatable bonds is 2. The molecule has 5 heteroatoms. The summed E-state index contributed by atoms with van der Waals surface area (Å²) in [6.45, 7) is 13.2. The Morgan fingerprint density at radius 2 is 1.19 bits per heavy atom. The summed E-state index contributed by atoms with van der Waals surface area (Å²) in [5.41, 5.74) is 17.8. The molecule has 5 aromatic rings. The molecule has 0 saturated heterocycles. The van der Waals surface area contributed by atoms with E-state index >= 15 is 0 Å². The number of aromatic amines is 2. The first-order valence-corrected chi connectivity index (χ1v) is 14.7. The van der Waals surface area contributed by atoms with E-state index in [2.05, 4.69) is 136 Å². The monoisotopic (exact) mass is 612 g/mol. The fraction of sp³-hybridized carbons (Fsp3) is 0.211. The van der Waals surface area contributed by atoms with E-state index in [1.807, 2.05) is 0 Å². The van der Waals surface area contributed by atoms with Crippen molar-refractivity contribution < 1.29 is 19.5 Å². The zero-order valence-electron chi connectivity index (χ0n) is 25.9. The van der Waals surface area contributed by atoms with Gasteiger partial charge in [-0.25, -0.2) is 4.98 Å². The minimum absolute atomic E-state index is 0. The largest absolute Gasteiger partial charge is 0.355 e. The molecule has 0 spiro atoms. The van der Waals surface area contributed by atoms with Crippen LogP contribution in [0.2, 0.25) is 0 Å². The molecule has 43 heavy (non-hydrogen) atoms. The molecule has 0 saturated carbocycles. The zero-order valence-corrected chi connectivity index (χ0v) is 28.9. The van der Waals surface area contributed by atoms with E-state index in [0.717, 1.165) is 68.0 Å². The fourth-order valence-corrected chi connectivity index (χ4v) is 6.59. The molecular weight excluding hydrogens is 578 g/mol. The Labute approximate surface area is 266 Å². The third kappa shape index (κ3) is 5.32. The van der Waals surface area contributed by atoms with Crippen molar-refractivity contribution in [3.8, 4) is 22.3 Å². The number of fused-ring (bicyclic) bond motifs is 8. The van der Waals surface area contributed by atoms with E-state index in [0.29, 0.717) is 0 Å². The van der Waals surface area contributed by atoms with Gasteiger partial charge >= 0.3 is 0 Å². The van der Waals surface area contributed by atoms with Crippen molar-refractivity contribution in [1.29, 1.82) is 0 Å². The molecule has 2 aromatic carbocycles. The number of aryl methyl sites for hydroxylation is 4. The smallest absolute Gasteiger partial charge is 0.0737 e. The van der Waals surface area contributed by atoms with Gasteiger partial charge < -0.3 is 9.97 Å². The van der Waals surface area contributed by atoms with Crippen LogP contribution in [0.25, 0.3) is 56.5 Å². The van der Waals surface area contributed by atoms with Crippen molar-refractivity contribution in [1.82, 2.24) is 19.9 Å². The standard InChI is InChI=1S/C38H36N4.Zn/c1-22-7-9-26(10-8-22)36-30-13-12-28(40-30)20-34-38(5,6)21-29(41-34)19-27-11-14-32(39-27)37(33-16-15-31(36)42-33)35-24(3)17-23(2)18-25(35)4;/h7-20,39-40H,21H2,1-6H3;. The van der Waals surface area contributed by atoms with E-state index in [1.165, 1.54) is 27.8 Å². The minimum Gasteiger partial charge on any atom is -0.355 e. The van der Waals surface area contributed by atoms with E-state index in [-0.39, 0.29) is 24.9 Å². The molecule has 2 aliphatic rings. The molecular formula is C38H36N4Zn. The summed E-state index contributed by atoms with van der Waals surface area (Å²) in [5, 5.41) is 0. The molecule has 0 amide bonds. The normalized spacial score (nSPS) is 13.6. The van der Waals surface area contributed by atoms with Crippen LogP contribution in [0.4, 0.5) is 0 Å². The molecule has 3 aromatic heterocycles. The number of H-pyrrole nitrogens is 2. The summed E-state index contributed by atoms with van der Waals surface area (Å²) < 4.78 is 0. The predicted molar refractivity (Wildman–Crippen MR) is 176 cm³/mol. The summed E-state index contributed by atoms with van der Waals surface area (Å²) in [7, 11) is 0. The van der Waals surface area contributed by atoms with Gasteiger partial charge in [0, 0.05) is 75.9 Å². The van der Waals surface area contributed by atoms with Crippen molar-refractivity contribution in [2.24, 2.45) is 0 Å². The van der Waals surface area contributed by atoms with Gasteiger partial charge in [0.05, 0.1) is 11.4 Å². The Kier molecular flexibility index (Phi) is 7.34. The van der Waals surface area contributed by atoms with Gasteiger partial charge in [-0.1, -0.05) is 61.4 Å². The molecule has 0 atom stereocenters. The molecule has 7 rings (SSSR count). The number of nitrogens with one attached hydrogen (secondary N) is 2. The maximum absolute atomic E-state index is 5.35.